The van der Waals surface area contributed by atoms with E-state index in [1.54, 1.807) is 5.56 Å². The molecule has 0 radical (unpaired) electrons. The molecule has 1 nitrogen and oxygen atoms in total. The maximum atomic E-state index is 5.81. The molecule has 14 heavy (non-hydrogen) atoms. The van der Waals surface area contributed by atoms with Gasteiger partial charge < -0.3 is 5.73 Å². The molecule has 0 fully saturated rings. The molecule has 1 unspecified atom stereocenters. The molecule has 2 N–H and O–H groups in total. The number of fused-ring (bicyclic) bond motifs is 1. The second kappa shape index (κ2) is 3.74. The highest BCUT2D eigenvalue weighted by Crippen LogP contribution is 2.33. The molecule has 1 aliphatic carbocycles. The monoisotopic (exact) mass is 189 g/mol. The Hall–Kier alpha value is -0.820. The van der Waals surface area contributed by atoms with Crippen LogP contribution in [-0.2, 0) is 6.42 Å². The third-order valence-corrected chi connectivity index (χ3v) is 3.61. The van der Waals surface area contributed by atoms with Crippen molar-refractivity contribution in [2.24, 2.45) is 5.73 Å². The smallest absolute Gasteiger partial charge is 0.000813 e. The maximum Gasteiger partial charge on any atom is -0.000813 e. The molecule has 1 atom stereocenters. The highest BCUT2D eigenvalue weighted by molar-refractivity contribution is 5.43. The molecule has 1 aromatic rings. The van der Waals surface area contributed by atoms with Gasteiger partial charge in [0.2, 0.25) is 0 Å². The predicted octanol–water partition coefficient (Wildman–Crippen LogP) is 2.68. The predicted molar refractivity (Wildman–Crippen MR) is 60.6 cm³/mol. The average molecular weight is 189 g/mol. The van der Waals surface area contributed by atoms with Crippen molar-refractivity contribution in [1.82, 2.24) is 0 Å². The summed E-state index contributed by atoms with van der Waals surface area (Å²) in [6, 6.07) is 4.52. The van der Waals surface area contributed by atoms with E-state index in [9.17, 15) is 0 Å². The average Bonchev–Trinajstić information content (AvgIpc) is 2.23. The van der Waals surface area contributed by atoms with Gasteiger partial charge in [0, 0.05) is 0 Å². The standard InChI is InChI=1S/C13H19N/c1-9-6-7-13-11(8-14)4-3-5-12(13)10(9)2/h6-7,11H,3-5,8,14H2,1-2H3. The Morgan fingerprint density at radius 2 is 2.14 bits per heavy atom. The van der Waals surface area contributed by atoms with Crippen LogP contribution in [0.4, 0.5) is 0 Å². The Morgan fingerprint density at radius 3 is 2.86 bits per heavy atom. The van der Waals surface area contributed by atoms with E-state index in [-0.39, 0.29) is 0 Å². The number of aryl methyl sites for hydroxylation is 1. The fraction of sp³-hybridized carbons (Fsp3) is 0.538. The van der Waals surface area contributed by atoms with Gasteiger partial charge in [-0.2, -0.15) is 0 Å². The van der Waals surface area contributed by atoms with E-state index in [0.717, 1.165) is 6.54 Å². The summed E-state index contributed by atoms with van der Waals surface area (Å²) in [6.45, 7) is 5.24. The molecule has 1 heteroatoms. The molecule has 2 rings (SSSR count). The van der Waals surface area contributed by atoms with E-state index in [1.165, 1.54) is 36.0 Å². The van der Waals surface area contributed by atoms with Crippen LogP contribution >= 0.6 is 0 Å². The van der Waals surface area contributed by atoms with Crippen LogP contribution in [0.3, 0.4) is 0 Å². The maximum absolute atomic E-state index is 5.81. The van der Waals surface area contributed by atoms with Crippen molar-refractivity contribution >= 4 is 0 Å². The lowest BCUT2D eigenvalue weighted by atomic mass is 9.80. The van der Waals surface area contributed by atoms with E-state index in [1.807, 2.05) is 0 Å². The second-order valence-electron chi connectivity index (χ2n) is 4.40. The molecule has 1 aromatic carbocycles. The third kappa shape index (κ3) is 1.46. The number of benzene rings is 1. The van der Waals surface area contributed by atoms with Gasteiger partial charge >= 0.3 is 0 Å². The van der Waals surface area contributed by atoms with Gasteiger partial charge in [-0.1, -0.05) is 12.1 Å². The zero-order valence-corrected chi connectivity index (χ0v) is 9.14. The summed E-state index contributed by atoms with van der Waals surface area (Å²) in [7, 11) is 0. The van der Waals surface area contributed by atoms with E-state index in [2.05, 4.69) is 26.0 Å². The van der Waals surface area contributed by atoms with E-state index >= 15 is 0 Å². The molecule has 76 valence electrons. The number of rotatable bonds is 1. The van der Waals surface area contributed by atoms with Crippen molar-refractivity contribution in [2.45, 2.75) is 39.0 Å². The normalized spacial score (nSPS) is 20.6. The van der Waals surface area contributed by atoms with Gasteiger partial charge in [-0.3, -0.25) is 0 Å². The van der Waals surface area contributed by atoms with Crippen molar-refractivity contribution in [3.05, 3.63) is 34.4 Å². The minimum atomic E-state index is 0.609. The SMILES string of the molecule is Cc1ccc2c(c1C)CCCC2CN. The fourth-order valence-electron chi connectivity index (χ4n) is 2.53. The van der Waals surface area contributed by atoms with Crippen molar-refractivity contribution in [2.75, 3.05) is 6.54 Å². The summed E-state index contributed by atoms with van der Waals surface area (Å²) in [6.07, 6.45) is 3.82. The van der Waals surface area contributed by atoms with Crippen molar-refractivity contribution in [3.8, 4) is 0 Å². The third-order valence-electron chi connectivity index (χ3n) is 3.61. The molecule has 0 saturated heterocycles. The minimum absolute atomic E-state index is 0.609. The molecule has 1 aliphatic rings. The van der Waals surface area contributed by atoms with Crippen LogP contribution < -0.4 is 5.73 Å². The summed E-state index contributed by atoms with van der Waals surface area (Å²) in [5.74, 6) is 0.609. The van der Waals surface area contributed by atoms with E-state index in [0.29, 0.717) is 5.92 Å². The largest absolute Gasteiger partial charge is 0.330 e. The van der Waals surface area contributed by atoms with Crippen LogP contribution in [0.5, 0.6) is 0 Å². The van der Waals surface area contributed by atoms with Crippen molar-refractivity contribution in [1.29, 1.82) is 0 Å². The van der Waals surface area contributed by atoms with Gasteiger partial charge in [0.1, 0.15) is 0 Å². The summed E-state index contributed by atoms with van der Waals surface area (Å²) in [4.78, 5) is 0. The lowest BCUT2D eigenvalue weighted by Gasteiger charge is -2.26. The molecule has 0 spiro atoms. The number of hydrogen-bond donors (Lipinski definition) is 1. The quantitative estimate of drug-likeness (QED) is 0.722. The van der Waals surface area contributed by atoms with Gasteiger partial charge in [0.25, 0.3) is 0 Å². The molecule has 0 saturated carbocycles. The van der Waals surface area contributed by atoms with Crippen LogP contribution in [0, 0.1) is 13.8 Å². The summed E-state index contributed by atoms with van der Waals surface area (Å²) in [5, 5.41) is 0. The fourth-order valence-corrected chi connectivity index (χ4v) is 2.53. The van der Waals surface area contributed by atoms with Gasteiger partial charge in [0.15, 0.2) is 0 Å². The molecule has 0 aliphatic heterocycles. The number of nitrogens with two attached hydrogens (primary N) is 1. The van der Waals surface area contributed by atoms with Crippen LogP contribution in [0.15, 0.2) is 12.1 Å². The van der Waals surface area contributed by atoms with Crippen LogP contribution in [0.25, 0.3) is 0 Å². The van der Waals surface area contributed by atoms with Crippen molar-refractivity contribution < 1.29 is 0 Å². The van der Waals surface area contributed by atoms with E-state index < -0.39 is 0 Å². The molecule has 0 aromatic heterocycles. The topological polar surface area (TPSA) is 26.0 Å². The molecule has 0 amide bonds. The van der Waals surface area contributed by atoms with E-state index in [4.69, 9.17) is 5.73 Å². The van der Waals surface area contributed by atoms with Gasteiger partial charge in [-0.15, -0.1) is 0 Å². The second-order valence-corrected chi connectivity index (χ2v) is 4.40. The Morgan fingerprint density at radius 1 is 1.36 bits per heavy atom. The summed E-state index contributed by atoms with van der Waals surface area (Å²) in [5.41, 5.74) is 11.8. The minimum Gasteiger partial charge on any atom is -0.330 e. The Kier molecular flexibility index (Phi) is 2.60. The molecular formula is C13H19N. The Bertz CT molecular complexity index is 341. The molecule has 0 heterocycles. The van der Waals surface area contributed by atoms with Crippen LogP contribution in [0.2, 0.25) is 0 Å². The lowest BCUT2D eigenvalue weighted by Crippen LogP contribution is -2.19. The molecule has 0 bridgehead atoms. The highest BCUT2D eigenvalue weighted by Gasteiger charge is 2.20. The highest BCUT2D eigenvalue weighted by atomic mass is 14.6. The first-order valence-electron chi connectivity index (χ1n) is 5.53. The molecular weight excluding hydrogens is 170 g/mol. The zero-order chi connectivity index (χ0) is 10.1. The number of hydrogen-bond acceptors (Lipinski definition) is 1. The summed E-state index contributed by atoms with van der Waals surface area (Å²) >= 11 is 0. The lowest BCUT2D eigenvalue weighted by molar-refractivity contribution is 0.558. The van der Waals surface area contributed by atoms with Gasteiger partial charge in [-0.05, 0) is 67.8 Å². The van der Waals surface area contributed by atoms with Gasteiger partial charge in [0.05, 0.1) is 0 Å². The van der Waals surface area contributed by atoms with Crippen molar-refractivity contribution in [3.63, 3.8) is 0 Å². The zero-order valence-electron chi connectivity index (χ0n) is 9.14. The first-order valence-corrected chi connectivity index (χ1v) is 5.53. The Labute approximate surface area is 86.3 Å². The van der Waals surface area contributed by atoms with Gasteiger partial charge in [-0.25, -0.2) is 0 Å². The first-order chi connectivity index (χ1) is 6.74. The van der Waals surface area contributed by atoms with Crippen LogP contribution in [0.1, 0.15) is 41.0 Å². The van der Waals surface area contributed by atoms with Crippen LogP contribution in [-0.4, -0.2) is 6.54 Å². The summed E-state index contributed by atoms with van der Waals surface area (Å²) < 4.78 is 0. The Balaban J connectivity index is 2.50. The first kappa shape index (κ1) is 9.72.